The highest BCUT2D eigenvalue weighted by Gasteiger charge is 2.08. The zero-order valence-electron chi connectivity index (χ0n) is 11.4. The number of ketones is 1. The Hall–Kier alpha value is -2.95. The molecule has 0 fully saturated rings. The Kier molecular flexibility index (Phi) is 3.23. The fraction of sp³-hybridized carbons (Fsp3) is 0.0625. The molecule has 104 valence electrons. The van der Waals surface area contributed by atoms with E-state index in [4.69, 9.17) is 0 Å². The van der Waals surface area contributed by atoms with E-state index in [2.05, 4.69) is 10.3 Å². The zero-order chi connectivity index (χ0) is 14.8. The second-order valence-corrected chi connectivity index (χ2v) is 4.70. The van der Waals surface area contributed by atoms with E-state index in [9.17, 15) is 9.59 Å². The number of carbonyl (C=O) groups excluding carboxylic acids is 2. The van der Waals surface area contributed by atoms with Crippen molar-refractivity contribution in [2.45, 2.75) is 6.92 Å². The van der Waals surface area contributed by atoms with Crippen LogP contribution in [0.5, 0.6) is 0 Å². The summed E-state index contributed by atoms with van der Waals surface area (Å²) in [4.78, 5) is 27.7. The van der Waals surface area contributed by atoms with Crippen LogP contribution in [-0.2, 0) is 0 Å². The zero-order valence-corrected chi connectivity index (χ0v) is 11.4. The van der Waals surface area contributed by atoms with Gasteiger partial charge in [-0.1, -0.05) is 12.1 Å². The van der Waals surface area contributed by atoms with Gasteiger partial charge in [-0.25, -0.2) is 4.98 Å². The van der Waals surface area contributed by atoms with Gasteiger partial charge < -0.3 is 9.72 Å². The molecule has 0 saturated heterocycles. The number of nitrogens with one attached hydrogen (secondary N) is 1. The molecule has 1 aromatic carbocycles. The van der Waals surface area contributed by atoms with Crippen LogP contribution in [0.3, 0.4) is 0 Å². The second kappa shape index (κ2) is 5.20. The van der Waals surface area contributed by atoms with E-state index in [-0.39, 0.29) is 11.7 Å². The van der Waals surface area contributed by atoms with E-state index < -0.39 is 0 Å². The maximum atomic E-state index is 12.2. The number of aromatic nitrogens is 2. The van der Waals surface area contributed by atoms with Crippen LogP contribution in [0.2, 0.25) is 0 Å². The Morgan fingerprint density at radius 1 is 1.14 bits per heavy atom. The van der Waals surface area contributed by atoms with Crippen LogP contribution < -0.4 is 5.32 Å². The smallest absolute Gasteiger partial charge is 0.257 e. The van der Waals surface area contributed by atoms with Crippen molar-refractivity contribution in [2.75, 3.05) is 5.32 Å². The van der Waals surface area contributed by atoms with E-state index in [1.165, 1.54) is 6.92 Å². The summed E-state index contributed by atoms with van der Waals surface area (Å²) in [6, 6.07) is 10.4. The molecule has 0 aliphatic carbocycles. The highest BCUT2D eigenvalue weighted by atomic mass is 16.1. The summed E-state index contributed by atoms with van der Waals surface area (Å²) in [6.07, 6.45) is 5.17. The minimum absolute atomic E-state index is 0.0362. The van der Waals surface area contributed by atoms with Gasteiger partial charge in [0.15, 0.2) is 5.78 Å². The molecule has 21 heavy (non-hydrogen) atoms. The fourth-order valence-electron chi connectivity index (χ4n) is 2.07. The van der Waals surface area contributed by atoms with Crippen molar-refractivity contribution >= 4 is 23.0 Å². The van der Waals surface area contributed by atoms with Gasteiger partial charge in [0.05, 0.1) is 5.56 Å². The lowest BCUT2D eigenvalue weighted by Gasteiger charge is -2.07. The average Bonchev–Trinajstić information content (AvgIpc) is 2.94. The lowest BCUT2D eigenvalue weighted by Crippen LogP contribution is -2.13. The molecule has 5 heteroatoms. The third-order valence-corrected chi connectivity index (χ3v) is 3.18. The van der Waals surface area contributed by atoms with Crippen molar-refractivity contribution in [2.24, 2.45) is 0 Å². The third-order valence-electron chi connectivity index (χ3n) is 3.18. The number of rotatable bonds is 3. The first-order valence-corrected chi connectivity index (χ1v) is 6.48. The van der Waals surface area contributed by atoms with Crippen LogP contribution in [0.25, 0.3) is 5.65 Å². The standard InChI is InChI=1S/C16H13N3O2/c1-11(20)12-3-2-4-14(9-12)18-16(21)13-5-6-15-17-7-8-19(15)10-13/h2-10H,1H3,(H,18,21). The first-order chi connectivity index (χ1) is 10.1. The molecule has 0 bridgehead atoms. The molecule has 3 rings (SSSR count). The Morgan fingerprint density at radius 2 is 2.00 bits per heavy atom. The largest absolute Gasteiger partial charge is 0.322 e. The fourth-order valence-corrected chi connectivity index (χ4v) is 2.07. The third kappa shape index (κ3) is 2.67. The average molecular weight is 279 g/mol. The summed E-state index contributed by atoms with van der Waals surface area (Å²) in [7, 11) is 0. The molecule has 5 nitrogen and oxygen atoms in total. The van der Waals surface area contributed by atoms with Crippen molar-refractivity contribution < 1.29 is 9.59 Å². The van der Waals surface area contributed by atoms with Crippen LogP contribution in [-0.4, -0.2) is 21.1 Å². The number of fused-ring (bicyclic) bond motifs is 1. The molecule has 1 amide bonds. The van der Waals surface area contributed by atoms with Gasteiger partial charge >= 0.3 is 0 Å². The van der Waals surface area contributed by atoms with Crippen molar-refractivity contribution in [1.29, 1.82) is 0 Å². The molecule has 2 aromatic heterocycles. The first-order valence-electron chi connectivity index (χ1n) is 6.48. The molecule has 0 aliphatic heterocycles. The predicted octanol–water partition coefficient (Wildman–Crippen LogP) is 2.79. The van der Waals surface area contributed by atoms with Gasteiger partial charge in [0.1, 0.15) is 5.65 Å². The van der Waals surface area contributed by atoms with E-state index in [1.54, 1.807) is 59.4 Å². The quantitative estimate of drug-likeness (QED) is 0.750. The SMILES string of the molecule is CC(=O)c1cccc(NC(=O)c2ccc3nccn3c2)c1. The second-order valence-electron chi connectivity index (χ2n) is 4.70. The summed E-state index contributed by atoms with van der Waals surface area (Å²) >= 11 is 0. The molecule has 0 saturated carbocycles. The van der Waals surface area contributed by atoms with Crippen LogP contribution >= 0.6 is 0 Å². The lowest BCUT2D eigenvalue weighted by molar-refractivity contribution is 0.101. The first kappa shape index (κ1) is 13.1. The molecule has 2 heterocycles. The van der Waals surface area contributed by atoms with Gasteiger partial charge in [-0.2, -0.15) is 0 Å². The molecule has 1 N–H and O–H groups in total. The molecule has 0 atom stereocenters. The summed E-state index contributed by atoms with van der Waals surface area (Å²) in [6.45, 7) is 1.49. The molecule has 0 radical (unpaired) electrons. The number of Topliss-reactive ketones (excluding diaryl/α,β-unsaturated/α-hetero) is 1. The van der Waals surface area contributed by atoms with Crippen LogP contribution in [0.1, 0.15) is 27.6 Å². The van der Waals surface area contributed by atoms with Crippen molar-refractivity contribution in [3.63, 3.8) is 0 Å². The minimum Gasteiger partial charge on any atom is -0.322 e. The molecule has 0 aliphatic rings. The molecular formula is C16H13N3O2. The van der Waals surface area contributed by atoms with Gasteiger partial charge in [0.25, 0.3) is 5.91 Å². The lowest BCUT2D eigenvalue weighted by atomic mass is 10.1. The van der Waals surface area contributed by atoms with E-state index >= 15 is 0 Å². The number of carbonyl (C=O) groups is 2. The van der Waals surface area contributed by atoms with Gasteiger partial charge in [0, 0.05) is 29.8 Å². The molecule has 0 unspecified atom stereocenters. The molecule has 0 spiro atoms. The number of hydrogen-bond acceptors (Lipinski definition) is 3. The number of hydrogen-bond donors (Lipinski definition) is 1. The van der Waals surface area contributed by atoms with Crippen LogP contribution in [0, 0.1) is 0 Å². The highest BCUT2D eigenvalue weighted by molar-refractivity contribution is 6.05. The molecular weight excluding hydrogens is 266 g/mol. The number of nitrogens with zero attached hydrogens (tertiary/aromatic N) is 2. The van der Waals surface area contributed by atoms with Gasteiger partial charge in [-0.3, -0.25) is 9.59 Å². The maximum Gasteiger partial charge on any atom is 0.257 e. The predicted molar refractivity (Wildman–Crippen MR) is 79.6 cm³/mol. The van der Waals surface area contributed by atoms with Crippen molar-refractivity contribution in [3.05, 3.63) is 66.1 Å². The number of imidazole rings is 1. The van der Waals surface area contributed by atoms with E-state index in [1.807, 2.05) is 0 Å². The summed E-state index contributed by atoms with van der Waals surface area (Å²) in [5.41, 5.74) is 2.47. The van der Waals surface area contributed by atoms with Gasteiger partial charge in [0.2, 0.25) is 0 Å². The van der Waals surface area contributed by atoms with Gasteiger partial charge in [-0.05, 0) is 31.2 Å². The normalized spacial score (nSPS) is 10.5. The van der Waals surface area contributed by atoms with Gasteiger partial charge in [-0.15, -0.1) is 0 Å². The molecule has 3 aromatic rings. The number of amides is 1. The van der Waals surface area contributed by atoms with E-state index in [0.29, 0.717) is 16.8 Å². The Morgan fingerprint density at radius 3 is 2.81 bits per heavy atom. The summed E-state index contributed by atoms with van der Waals surface area (Å²) in [5.74, 6) is -0.266. The Bertz CT molecular complexity index is 836. The number of anilines is 1. The monoisotopic (exact) mass is 279 g/mol. The Labute approximate surface area is 121 Å². The van der Waals surface area contributed by atoms with Crippen LogP contribution in [0.15, 0.2) is 55.0 Å². The highest BCUT2D eigenvalue weighted by Crippen LogP contribution is 2.13. The van der Waals surface area contributed by atoms with E-state index in [0.717, 1.165) is 5.65 Å². The van der Waals surface area contributed by atoms with Crippen LogP contribution in [0.4, 0.5) is 5.69 Å². The number of pyridine rings is 1. The maximum absolute atomic E-state index is 12.2. The summed E-state index contributed by atoms with van der Waals surface area (Å²) in [5, 5.41) is 2.79. The van der Waals surface area contributed by atoms with Crippen molar-refractivity contribution in [3.8, 4) is 0 Å². The summed E-state index contributed by atoms with van der Waals surface area (Å²) < 4.78 is 1.78. The number of benzene rings is 1. The minimum atomic E-state index is -0.230. The van der Waals surface area contributed by atoms with Crippen molar-refractivity contribution in [1.82, 2.24) is 9.38 Å². The topological polar surface area (TPSA) is 63.5 Å². The Balaban J connectivity index is 1.85.